The van der Waals surface area contributed by atoms with Gasteiger partial charge in [-0.1, -0.05) is 140 Å². The summed E-state index contributed by atoms with van der Waals surface area (Å²) in [6, 6.07) is 71.6. The molecule has 0 spiro atoms. The van der Waals surface area contributed by atoms with E-state index in [0.29, 0.717) is 0 Å². The van der Waals surface area contributed by atoms with E-state index < -0.39 is 0 Å². The summed E-state index contributed by atoms with van der Waals surface area (Å²) in [6.07, 6.45) is 0. The lowest BCUT2D eigenvalue weighted by molar-refractivity contribution is 0.669. The molecule has 0 atom stereocenters. The van der Waals surface area contributed by atoms with Crippen molar-refractivity contribution in [2.75, 3.05) is 4.90 Å². The van der Waals surface area contributed by atoms with E-state index >= 15 is 0 Å². The molecule has 0 unspecified atom stereocenters. The van der Waals surface area contributed by atoms with E-state index in [4.69, 9.17) is 8.83 Å². The molecule has 0 saturated carbocycles. The highest BCUT2D eigenvalue weighted by molar-refractivity contribution is 6.21. The fraction of sp³-hybridized carbons (Fsp3) is 0. The lowest BCUT2D eigenvalue weighted by atomic mass is 9.94. The Morgan fingerprint density at radius 3 is 1.70 bits per heavy atom. The molecule has 0 bridgehead atoms. The zero-order chi connectivity index (χ0) is 37.5. The van der Waals surface area contributed by atoms with Gasteiger partial charge >= 0.3 is 0 Å². The third-order valence-corrected chi connectivity index (χ3v) is 11.6. The van der Waals surface area contributed by atoms with Crippen LogP contribution < -0.4 is 4.90 Å². The number of hydrogen-bond donors (Lipinski definition) is 0. The van der Waals surface area contributed by atoms with Gasteiger partial charge in [-0.25, -0.2) is 0 Å². The quantitative estimate of drug-likeness (QED) is 0.177. The van der Waals surface area contributed by atoms with Gasteiger partial charge in [0.15, 0.2) is 0 Å². The first-order chi connectivity index (χ1) is 28.2. The summed E-state index contributed by atoms with van der Waals surface area (Å²) >= 11 is 0. The third-order valence-electron chi connectivity index (χ3n) is 11.6. The minimum absolute atomic E-state index is 0.862. The Bertz CT molecular complexity index is 3520. The third kappa shape index (κ3) is 4.99. The molecule has 57 heavy (non-hydrogen) atoms. The SMILES string of the molecule is c1ccc(-c2ccc(N(c3ccc4c(c3)oc3ccc5ccccc5c34)c3ccc(-c4ccc5c(ccc6oc7ccccc7c65)c4)c4ccccc34)cc2)cc1. The molecular formula is C54H33NO2. The topological polar surface area (TPSA) is 29.5 Å². The first kappa shape index (κ1) is 31.7. The molecule has 0 saturated heterocycles. The van der Waals surface area contributed by atoms with Crippen LogP contribution in [0.1, 0.15) is 0 Å². The van der Waals surface area contributed by atoms with Crippen LogP contribution in [0.25, 0.3) is 98.4 Å². The summed E-state index contributed by atoms with van der Waals surface area (Å²) in [6.45, 7) is 0. The largest absolute Gasteiger partial charge is 0.456 e. The predicted molar refractivity (Wildman–Crippen MR) is 239 cm³/mol. The minimum atomic E-state index is 0.862. The van der Waals surface area contributed by atoms with Gasteiger partial charge in [0.25, 0.3) is 0 Å². The number of nitrogens with zero attached hydrogens (tertiary/aromatic N) is 1. The molecule has 3 nitrogen and oxygen atoms in total. The Labute approximate surface area is 328 Å². The van der Waals surface area contributed by atoms with Gasteiger partial charge in [-0.2, -0.15) is 0 Å². The van der Waals surface area contributed by atoms with Crippen molar-refractivity contribution >= 4 is 93.3 Å². The number of hydrogen-bond acceptors (Lipinski definition) is 3. The molecule has 266 valence electrons. The van der Waals surface area contributed by atoms with E-state index in [1.807, 2.05) is 12.1 Å². The number of furan rings is 2. The Kier molecular flexibility index (Phi) is 6.93. The van der Waals surface area contributed by atoms with E-state index in [2.05, 4.69) is 193 Å². The number of para-hydroxylation sites is 1. The second-order valence-corrected chi connectivity index (χ2v) is 14.8. The molecule has 0 fully saturated rings. The van der Waals surface area contributed by atoms with E-state index in [1.54, 1.807) is 0 Å². The molecule has 10 aromatic carbocycles. The van der Waals surface area contributed by atoms with Crippen molar-refractivity contribution in [2.45, 2.75) is 0 Å². The van der Waals surface area contributed by atoms with Gasteiger partial charge in [0.05, 0.1) is 5.69 Å². The zero-order valence-electron chi connectivity index (χ0n) is 30.8. The normalized spacial score (nSPS) is 11.9. The van der Waals surface area contributed by atoms with Crippen molar-refractivity contribution in [1.29, 1.82) is 0 Å². The number of benzene rings is 10. The van der Waals surface area contributed by atoms with Gasteiger partial charge in [-0.3, -0.25) is 0 Å². The highest BCUT2D eigenvalue weighted by Gasteiger charge is 2.20. The molecule has 2 aromatic heterocycles. The average molecular weight is 728 g/mol. The van der Waals surface area contributed by atoms with Gasteiger partial charge < -0.3 is 13.7 Å². The van der Waals surface area contributed by atoms with Gasteiger partial charge in [-0.05, 0) is 104 Å². The van der Waals surface area contributed by atoms with Crippen LogP contribution in [0.15, 0.2) is 209 Å². The molecule has 0 aliphatic heterocycles. The maximum absolute atomic E-state index is 6.61. The number of anilines is 3. The minimum Gasteiger partial charge on any atom is -0.456 e. The second-order valence-electron chi connectivity index (χ2n) is 14.8. The summed E-state index contributed by atoms with van der Waals surface area (Å²) in [5.41, 5.74) is 11.5. The van der Waals surface area contributed by atoms with Gasteiger partial charge in [0, 0.05) is 44.4 Å². The van der Waals surface area contributed by atoms with Crippen molar-refractivity contribution < 1.29 is 8.83 Å². The molecule has 0 aliphatic rings. The molecule has 12 rings (SSSR count). The van der Waals surface area contributed by atoms with Crippen molar-refractivity contribution in [3.63, 3.8) is 0 Å². The van der Waals surface area contributed by atoms with Crippen LogP contribution in [0.4, 0.5) is 17.1 Å². The molecule has 3 heteroatoms. The van der Waals surface area contributed by atoms with E-state index in [-0.39, 0.29) is 0 Å². The van der Waals surface area contributed by atoms with Crippen LogP contribution in [0.5, 0.6) is 0 Å². The number of rotatable bonds is 5. The molecule has 0 amide bonds. The van der Waals surface area contributed by atoms with Gasteiger partial charge in [0.1, 0.15) is 22.3 Å². The lowest BCUT2D eigenvalue weighted by Gasteiger charge is -2.27. The summed E-state index contributed by atoms with van der Waals surface area (Å²) in [7, 11) is 0. The fourth-order valence-corrected chi connectivity index (χ4v) is 8.99. The van der Waals surface area contributed by atoms with E-state index in [0.717, 1.165) is 60.9 Å². The average Bonchev–Trinajstić information content (AvgIpc) is 3.86. The van der Waals surface area contributed by atoms with Crippen molar-refractivity contribution in [3.8, 4) is 22.3 Å². The maximum Gasteiger partial charge on any atom is 0.137 e. The molecule has 0 aliphatic carbocycles. The van der Waals surface area contributed by atoms with Crippen molar-refractivity contribution in [3.05, 3.63) is 200 Å². The summed E-state index contributed by atoms with van der Waals surface area (Å²) in [5, 5.41) is 11.7. The van der Waals surface area contributed by atoms with Crippen LogP contribution in [0.3, 0.4) is 0 Å². The Balaban J connectivity index is 1.04. The summed E-state index contributed by atoms with van der Waals surface area (Å²) in [4.78, 5) is 2.37. The Morgan fingerprint density at radius 1 is 0.298 bits per heavy atom. The summed E-state index contributed by atoms with van der Waals surface area (Å²) in [5.74, 6) is 0. The molecule has 0 N–H and O–H groups in total. The standard InChI is InChI=1S/C54H33NO2/c1-2-10-34(11-3-1)35-18-23-39(24-19-35)55(40-25-27-47-52(33-40)57-51-30-21-36-12-4-5-13-42(36)53(47)51)48-29-28-41(44-14-6-7-15-45(44)48)37-20-26-43-38(32-37)22-31-50-54(43)46-16-8-9-17-49(46)56-50/h1-33H. The predicted octanol–water partition coefficient (Wildman–Crippen LogP) is 15.7. The van der Waals surface area contributed by atoms with Crippen LogP contribution in [-0.4, -0.2) is 0 Å². The monoisotopic (exact) mass is 727 g/mol. The van der Waals surface area contributed by atoms with Crippen LogP contribution in [0, 0.1) is 0 Å². The smallest absolute Gasteiger partial charge is 0.137 e. The van der Waals surface area contributed by atoms with Gasteiger partial charge in [0.2, 0.25) is 0 Å². The highest BCUT2D eigenvalue weighted by atomic mass is 16.3. The van der Waals surface area contributed by atoms with E-state index in [1.165, 1.54) is 54.6 Å². The second kappa shape index (κ2) is 12.5. The number of fused-ring (bicyclic) bond motifs is 11. The van der Waals surface area contributed by atoms with Crippen molar-refractivity contribution in [1.82, 2.24) is 0 Å². The Hall–Kier alpha value is -7.62. The van der Waals surface area contributed by atoms with Crippen molar-refractivity contribution in [2.24, 2.45) is 0 Å². The van der Waals surface area contributed by atoms with Crippen LogP contribution in [0.2, 0.25) is 0 Å². The Morgan fingerprint density at radius 2 is 0.877 bits per heavy atom. The molecule has 2 heterocycles. The zero-order valence-corrected chi connectivity index (χ0v) is 30.8. The van der Waals surface area contributed by atoms with Gasteiger partial charge in [-0.15, -0.1) is 0 Å². The van der Waals surface area contributed by atoms with E-state index in [9.17, 15) is 0 Å². The molecule has 0 radical (unpaired) electrons. The molecular weight excluding hydrogens is 695 g/mol. The highest BCUT2D eigenvalue weighted by Crippen LogP contribution is 2.45. The molecule has 12 aromatic rings. The van der Waals surface area contributed by atoms with Crippen LogP contribution >= 0.6 is 0 Å². The first-order valence-electron chi connectivity index (χ1n) is 19.4. The first-order valence-corrected chi connectivity index (χ1v) is 19.4. The lowest BCUT2D eigenvalue weighted by Crippen LogP contribution is -2.10. The van der Waals surface area contributed by atoms with Crippen LogP contribution in [-0.2, 0) is 0 Å². The maximum atomic E-state index is 6.61. The summed E-state index contributed by atoms with van der Waals surface area (Å²) < 4.78 is 12.8. The fourth-order valence-electron chi connectivity index (χ4n) is 8.99.